The molecule has 1 heterocycles. The van der Waals surface area contributed by atoms with Crippen molar-refractivity contribution in [2.24, 2.45) is 0 Å². The highest BCUT2D eigenvalue weighted by molar-refractivity contribution is 6.02. The summed E-state index contributed by atoms with van der Waals surface area (Å²) in [6, 6.07) is 2.99. The number of anilines is 1. The van der Waals surface area contributed by atoms with Crippen molar-refractivity contribution in [3.8, 4) is 0 Å². The molecule has 0 spiro atoms. The first-order chi connectivity index (χ1) is 9.49. The molecule has 8 nitrogen and oxygen atoms in total. The Kier molecular flexibility index (Phi) is 3.83. The van der Waals surface area contributed by atoms with Crippen LogP contribution in [0.5, 0.6) is 0 Å². The molecule has 0 saturated carbocycles. The van der Waals surface area contributed by atoms with Gasteiger partial charge in [0.1, 0.15) is 6.04 Å². The molecule has 1 aromatic carbocycles. The second kappa shape index (κ2) is 5.55. The third-order valence-electron chi connectivity index (χ3n) is 3.08. The summed E-state index contributed by atoms with van der Waals surface area (Å²) in [5.74, 6) is -0.846. The molecule has 1 aromatic rings. The normalized spacial score (nSPS) is 18.2. The van der Waals surface area contributed by atoms with Gasteiger partial charge in [0.2, 0.25) is 5.91 Å². The molecular formula is C12H14N4O4. The molecule has 0 aromatic heterocycles. The molecule has 8 heteroatoms. The van der Waals surface area contributed by atoms with Crippen LogP contribution in [0.25, 0.3) is 0 Å². The Labute approximate surface area is 114 Å². The molecule has 1 saturated heterocycles. The Hall–Kier alpha value is -2.64. The van der Waals surface area contributed by atoms with Gasteiger partial charge in [0.05, 0.1) is 10.5 Å². The maximum atomic E-state index is 12.1. The lowest BCUT2D eigenvalue weighted by atomic mass is 10.1. The molecule has 0 aliphatic carbocycles. The van der Waals surface area contributed by atoms with Crippen LogP contribution in [0.4, 0.5) is 11.4 Å². The lowest BCUT2D eigenvalue weighted by Gasteiger charge is -2.22. The van der Waals surface area contributed by atoms with Crippen LogP contribution in [0.3, 0.4) is 0 Å². The van der Waals surface area contributed by atoms with Crippen molar-refractivity contribution >= 4 is 23.2 Å². The molecule has 1 unspecified atom stereocenters. The van der Waals surface area contributed by atoms with Crippen LogP contribution in [-0.2, 0) is 4.79 Å². The number of piperidine rings is 1. The molecule has 2 amide bonds. The molecule has 1 atom stereocenters. The molecule has 0 radical (unpaired) electrons. The number of benzene rings is 1. The third-order valence-corrected chi connectivity index (χ3v) is 3.08. The summed E-state index contributed by atoms with van der Waals surface area (Å²) in [7, 11) is 0. The van der Waals surface area contributed by atoms with E-state index < -0.39 is 16.9 Å². The SMILES string of the molecule is Nc1ccc([N+](=O)[O-])cc1C(=O)NC1CCCNC1=O. The first kappa shape index (κ1) is 13.8. The van der Waals surface area contributed by atoms with Crippen LogP contribution < -0.4 is 16.4 Å². The molecule has 20 heavy (non-hydrogen) atoms. The summed E-state index contributed by atoms with van der Waals surface area (Å²) in [6.45, 7) is 0.587. The van der Waals surface area contributed by atoms with Gasteiger partial charge in [-0.15, -0.1) is 0 Å². The molecule has 4 N–H and O–H groups in total. The highest BCUT2D eigenvalue weighted by Gasteiger charge is 2.25. The fraction of sp³-hybridized carbons (Fsp3) is 0.333. The number of nitro benzene ring substituents is 1. The van der Waals surface area contributed by atoms with Crippen molar-refractivity contribution < 1.29 is 14.5 Å². The van der Waals surface area contributed by atoms with Gasteiger partial charge in [-0.25, -0.2) is 0 Å². The number of nitrogen functional groups attached to an aromatic ring is 1. The average Bonchev–Trinajstić information content (AvgIpc) is 2.41. The number of amides is 2. The predicted molar refractivity (Wildman–Crippen MR) is 71.0 cm³/mol. The van der Waals surface area contributed by atoms with Crippen molar-refractivity contribution in [1.29, 1.82) is 0 Å². The van der Waals surface area contributed by atoms with E-state index >= 15 is 0 Å². The van der Waals surface area contributed by atoms with Gasteiger partial charge in [-0.05, 0) is 18.9 Å². The Morgan fingerprint density at radius 3 is 2.90 bits per heavy atom. The van der Waals surface area contributed by atoms with Gasteiger partial charge < -0.3 is 16.4 Å². The zero-order valence-electron chi connectivity index (χ0n) is 10.6. The number of nitrogens with two attached hydrogens (primary N) is 1. The second-order valence-electron chi connectivity index (χ2n) is 4.49. The van der Waals surface area contributed by atoms with Gasteiger partial charge >= 0.3 is 0 Å². The molecule has 1 aliphatic rings. The van der Waals surface area contributed by atoms with Gasteiger partial charge in [0.25, 0.3) is 11.6 Å². The molecule has 1 aliphatic heterocycles. The van der Waals surface area contributed by atoms with Crippen LogP contribution >= 0.6 is 0 Å². The minimum absolute atomic E-state index is 0.00225. The van der Waals surface area contributed by atoms with E-state index in [1.807, 2.05) is 0 Å². The minimum Gasteiger partial charge on any atom is -0.398 e. The number of non-ortho nitro benzene ring substituents is 1. The van der Waals surface area contributed by atoms with E-state index in [4.69, 9.17) is 5.73 Å². The largest absolute Gasteiger partial charge is 0.398 e. The van der Waals surface area contributed by atoms with Crippen molar-refractivity contribution in [1.82, 2.24) is 10.6 Å². The van der Waals surface area contributed by atoms with E-state index in [2.05, 4.69) is 10.6 Å². The van der Waals surface area contributed by atoms with E-state index in [-0.39, 0.29) is 22.8 Å². The zero-order chi connectivity index (χ0) is 14.7. The average molecular weight is 278 g/mol. The monoisotopic (exact) mass is 278 g/mol. The number of nitro groups is 1. The molecule has 2 rings (SSSR count). The van der Waals surface area contributed by atoms with Gasteiger partial charge in [0.15, 0.2) is 0 Å². The standard InChI is InChI=1S/C12H14N4O4/c13-9-4-3-7(16(19)20)6-8(9)11(17)15-10-2-1-5-14-12(10)18/h3-4,6,10H,1-2,5,13H2,(H,14,18)(H,15,17). The second-order valence-corrected chi connectivity index (χ2v) is 4.49. The van der Waals surface area contributed by atoms with Gasteiger partial charge in [-0.2, -0.15) is 0 Å². The third kappa shape index (κ3) is 2.85. The number of hydrogen-bond acceptors (Lipinski definition) is 5. The highest BCUT2D eigenvalue weighted by Crippen LogP contribution is 2.20. The summed E-state index contributed by atoms with van der Waals surface area (Å²) in [6.07, 6.45) is 1.30. The van der Waals surface area contributed by atoms with Crippen molar-refractivity contribution in [2.75, 3.05) is 12.3 Å². The van der Waals surface area contributed by atoms with E-state index in [9.17, 15) is 19.7 Å². The zero-order valence-corrected chi connectivity index (χ0v) is 10.6. The Bertz CT molecular complexity index is 573. The first-order valence-corrected chi connectivity index (χ1v) is 6.11. The Morgan fingerprint density at radius 2 is 2.25 bits per heavy atom. The lowest BCUT2D eigenvalue weighted by molar-refractivity contribution is -0.384. The Balaban J connectivity index is 2.18. The summed E-state index contributed by atoms with van der Waals surface area (Å²) in [5, 5.41) is 15.9. The summed E-state index contributed by atoms with van der Waals surface area (Å²) >= 11 is 0. The molecular weight excluding hydrogens is 264 g/mol. The number of hydrogen-bond donors (Lipinski definition) is 3. The summed E-state index contributed by atoms with van der Waals surface area (Å²) < 4.78 is 0. The van der Waals surface area contributed by atoms with E-state index in [1.54, 1.807) is 0 Å². The highest BCUT2D eigenvalue weighted by atomic mass is 16.6. The Morgan fingerprint density at radius 1 is 1.50 bits per heavy atom. The van der Waals surface area contributed by atoms with Crippen LogP contribution in [0.15, 0.2) is 18.2 Å². The van der Waals surface area contributed by atoms with Crippen molar-refractivity contribution in [2.45, 2.75) is 18.9 Å². The summed E-state index contributed by atoms with van der Waals surface area (Å²) in [4.78, 5) is 33.7. The number of nitrogens with zero attached hydrogens (tertiary/aromatic N) is 1. The molecule has 106 valence electrons. The van der Waals surface area contributed by atoms with Crippen LogP contribution in [0.1, 0.15) is 23.2 Å². The van der Waals surface area contributed by atoms with Crippen molar-refractivity contribution in [3.05, 3.63) is 33.9 Å². The maximum Gasteiger partial charge on any atom is 0.270 e. The van der Waals surface area contributed by atoms with Gasteiger partial charge in [-0.1, -0.05) is 0 Å². The maximum absolute atomic E-state index is 12.1. The fourth-order valence-corrected chi connectivity index (χ4v) is 2.00. The van der Waals surface area contributed by atoms with Gasteiger partial charge in [0, 0.05) is 24.4 Å². The number of rotatable bonds is 3. The number of nitrogens with one attached hydrogen (secondary N) is 2. The van der Waals surface area contributed by atoms with E-state index in [1.165, 1.54) is 12.1 Å². The van der Waals surface area contributed by atoms with E-state index in [0.29, 0.717) is 13.0 Å². The first-order valence-electron chi connectivity index (χ1n) is 6.11. The van der Waals surface area contributed by atoms with Gasteiger partial charge in [-0.3, -0.25) is 19.7 Å². The number of carbonyl (C=O) groups excluding carboxylic acids is 2. The predicted octanol–water partition coefficient (Wildman–Crippen LogP) is 0.185. The van der Waals surface area contributed by atoms with E-state index in [0.717, 1.165) is 12.5 Å². The molecule has 1 fully saturated rings. The topological polar surface area (TPSA) is 127 Å². The summed E-state index contributed by atoms with van der Waals surface area (Å²) in [5.41, 5.74) is 5.55. The molecule has 0 bridgehead atoms. The van der Waals surface area contributed by atoms with Crippen molar-refractivity contribution in [3.63, 3.8) is 0 Å². The quantitative estimate of drug-likeness (QED) is 0.413. The van der Waals surface area contributed by atoms with Crippen LogP contribution in [-0.4, -0.2) is 29.3 Å². The fourth-order valence-electron chi connectivity index (χ4n) is 2.00. The van der Waals surface area contributed by atoms with Crippen LogP contribution in [0, 0.1) is 10.1 Å². The number of carbonyl (C=O) groups is 2. The lowest BCUT2D eigenvalue weighted by Crippen LogP contribution is -2.50. The smallest absolute Gasteiger partial charge is 0.270 e. The van der Waals surface area contributed by atoms with Crippen LogP contribution in [0.2, 0.25) is 0 Å². The minimum atomic E-state index is -0.630.